The molecule has 1 heterocycles. The maximum Gasteiger partial charge on any atom is 0.237 e. The third-order valence-electron chi connectivity index (χ3n) is 1.54. The van der Waals surface area contributed by atoms with E-state index in [1.165, 1.54) is 0 Å². The number of alkyl halides is 1. The lowest BCUT2D eigenvalue weighted by Crippen LogP contribution is -2.26. The van der Waals surface area contributed by atoms with Crippen molar-refractivity contribution in [2.75, 3.05) is 12.9 Å². The molecule has 12 heavy (non-hydrogen) atoms. The van der Waals surface area contributed by atoms with Crippen molar-refractivity contribution in [2.24, 2.45) is 0 Å². The molecular weight excluding hydrogens is 194 g/mol. The molecule has 66 valence electrons. The number of nitrogens with zero attached hydrogens (tertiary/aromatic N) is 1. The van der Waals surface area contributed by atoms with Crippen LogP contribution in [0.1, 0.15) is 5.56 Å². The van der Waals surface area contributed by atoms with Crippen LogP contribution in [0.5, 0.6) is 0 Å². The van der Waals surface area contributed by atoms with Gasteiger partial charge >= 0.3 is 0 Å². The summed E-state index contributed by atoms with van der Waals surface area (Å²) in [4.78, 5) is 12.7. The first kappa shape index (κ1) is 9.55. The van der Waals surface area contributed by atoms with Gasteiger partial charge in [0.2, 0.25) is 5.91 Å². The molecule has 0 aliphatic heterocycles. The molecule has 0 aliphatic rings. The van der Waals surface area contributed by atoms with Gasteiger partial charge in [-0.3, -0.25) is 4.79 Å². The summed E-state index contributed by atoms with van der Waals surface area (Å²) in [6.45, 7) is 0.648. The van der Waals surface area contributed by atoms with Gasteiger partial charge in [-0.15, -0.1) is 11.6 Å². The highest BCUT2D eigenvalue weighted by molar-refractivity contribution is 7.07. The standard InChI is InChI=1S/C8H10ClNOS/c1-10(8(11)4-9)5-7-2-3-12-6-7/h2-3,6H,4-5H2,1H3. The van der Waals surface area contributed by atoms with Crippen molar-refractivity contribution < 1.29 is 4.79 Å². The van der Waals surface area contributed by atoms with E-state index < -0.39 is 0 Å². The molecule has 2 nitrogen and oxygen atoms in total. The first-order valence-electron chi connectivity index (χ1n) is 3.55. The predicted molar refractivity (Wildman–Crippen MR) is 51.5 cm³/mol. The summed E-state index contributed by atoms with van der Waals surface area (Å²) in [5.41, 5.74) is 1.15. The van der Waals surface area contributed by atoms with Crippen molar-refractivity contribution >= 4 is 28.8 Å². The zero-order valence-corrected chi connectivity index (χ0v) is 8.36. The molecule has 0 saturated carbocycles. The molecule has 4 heteroatoms. The largest absolute Gasteiger partial charge is 0.340 e. The van der Waals surface area contributed by atoms with Gasteiger partial charge in [-0.1, -0.05) is 0 Å². The number of carbonyl (C=O) groups is 1. The Morgan fingerprint density at radius 3 is 3.00 bits per heavy atom. The number of rotatable bonds is 3. The summed E-state index contributed by atoms with van der Waals surface area (Å²) in [5, 5.41) is 4.02. The average molecular weight is 204 g/mol. The lowest BCUT2D eigenvalue weighted by molar-refractivity contribution is -0.127. The molecule has 0 atom stereocenters. The van der Waals surface area contributed by atoms with Crippen LogP contribution >= 0.6 is 22.9 Å². The van der Waals surface area contributed by atoms with Gasteiger partial charge in [0.1, 0.15) is 5.88 Å². The second-order valence-electron chi connectivity index (χ2n) is 2.52. The number of hydrogen-bond donors (Lipinski definition) is 0. The van der Waals surface area contributed by atoms with Crippen LogP contribution in [0, 0.1) is 0 Å². The minimum absolute atomic E-state index is 0.0390. The monoisotopic (exact) mass is 203 g/mol. The first-order valence-corrected chi connectivity index (χ1v) is 5.02. The van der Waals surface area contributed by atoms with Gasteiger partial charge in [-0.2, -0.15) is 11.3 Å². The van der Waals surface area contributed by atoms with Crippen molar-refractivity contribution in [3.05, 3.63) is 22.4 Å². The molecule has 0 aliphatic carbocycles. The molecule has 0 unspecified atom stereocenters. The molecule has 0 N–H and O–H groups in total. The Bertz CT molecular complexity index is 248. The Hall–Kier alpha value is -0.540. The maximum atomic E-state index is 11.0. The van der Waals surface area contributed by atoms with E-state index >= 15 is 0 Å². The summed E-state index contributed by atoms with van der Waals surface area (Å²) in [5.74, 6) is 0.0172. The van der Waals surface area contributed by atoms with E-state index in [0.29, 0.717) is 6.54 Å². The second-order valence-corrected chi connectivity index (χ2v) is 3.56. The Labute approximate surface area is 80.8 Å². The van der Waals surface area contributed by atoms with Crippen LogP contribution in [0.25, 0.3) is 0 Å². The van der Waals surface area contributed by atoms with E-state index in [-0.39, 0.29) is 11.8 Å². The predicted octanol–water partition coefficient (Wildman–Crippen LogP) is 1.95. The molecule has 1 amide bonds. The SMILES string of the molecule is CN(Cc1ccsc1)C(=O)CCl. The molecule has 1 rings (SSSR count). The maximum absolute atomic E-state index is 11.0. The molecule has 1 aromatic heterocycles. The third-order valence-corrected chi connectivity index (χ3v) is 2.50. The molecule has 0 saturated heterocycles. The zero-order valence-electron chi connectivity index (χ0n) is 6.79. The molecule has 0 radical (unpaired) electrons. The zero-order chi connectivity index (χ0) is 8.97. The van der Waals surface area contributed by atoms with Gasteiger partial charge in [0.25, 0.3) is 0 Å². The number of hydrogen-bond acceptors (Lipinski definition) is 2. The van der Waals surface area contributed by atoms with Crippen LogP contribution in [0.4, 0.5) is 0 Å². The summed E-state index contributed by atoms with van der Waals surface area (Å²) in [6.07, 6.45) is 0. The summed E-state index contributed by atoms with van der Waals surface area (Å²) < 4.78 is 0. The van der Waals surface area contributed by atoms with Crippen LogP contribution in [-0.4, -0.2) is 23.7 Å². The minimum Gasteiger partial charge on any atom is -0.340 e. The Morgan fingerprint density at radius 1 is 1.75 bits per heavy atom. The minimum atomic E-state index is -0.0390. The van der Waals surface area contributed by atoms with Crippen LogP contribution in [-0.2, 0) is 11.3 Å². The molecule has 0 spiro atoms. The van der Waals surface area contributed by atoms with Crippen molar-refractivity contribution in [1.82, 2.24) is 4.90 Å². The van der Waals surface area contributed by atoms with E-state index in [4.69, 9.17) is 11.6 Å². The molecule has 0 bridgehead atoms. The summed E-state index contributed by atoms with van der Waals surface area (Å²) >= 11 is 7.03. The summed E-state index contributed by atoms with van der Waals surface area (Å²) in [7, 11) is 1.75. The Balaban J connectivity index is 2.47. The fourth-order valence-corrected chi connectivity index (χ4v) is 1.71. The number of amides is 1. The van der Waals surface area contributed by atoms with E-state index in [9.17, 15) is 4.79 Å². The average Bonchev–Trinajstić information content (AvgIpc) is 2.55. The Morgan fingerprint density at radius 2 is 2.50 bits per heavy atom. The van der Waals surface area contributed by atoms with Gasteiger partial charge < -0.3 is 4.90 Å². The van der Waals surface area contributed by atoms with Gasteiger partial charge in [0, 0.05) is 13.6 Å². The molecule has 0 aromatic carbocycles. The highest BCUT2D eigenvalue weighted by Crippen LogP contribution is 2.08. The number of carbonyl (C=O) groups excluding carboxylic acids is 1. The van der Waals surface area contributed by atoms with Crippen LogP contribution in [0.2, 0.25) is 0 Å². The fourth-order valence-electron chi connectivity index (χ4n) is 0.847. The normalized spacial score (nSPS) is 9.83. The third kappa shape index (κ3) is 2.50. The molecule has 0 fully saturated rings. The lowest BCUT2D eigenvalue weighted by Gasteiger charge is -2.14. The van der Waals surface area contributed by atoms with Crippen LogP contribution in [0.3, 0.4) is 0 Å². The van der Waals surface area contributed by atoms with E-state index in [1.807, 2.05) is 16.8 Å². The lowest BCUT2D eigenvalue weighted by atomic mass is 10.3. The fraction of sp³-hybridized carbons (Fsp3) is 0.375. The number of thiophene rings is 1. The highest BCUT2D eigenvalue weighted by Gasteiger charge is 2.06. The van der Waals surface area contributed by atoms with Crippen molar-refractivity contribution in [2.45, 2.75) is 6.54 Å². The second kappa shape index (κ2) is 4.48. The molecule has 1 aromatic rings. The van der Waals surface area contributed by atoms with Crippen LogP contribution < -0.4 is 0 Å². The van der Waals surface area contributed by atoms with Crippen molar-refractivity contribution in [3.63, 3.8) is 0 Å². The smallest absolute Gasteiger partial charge is 0.237 e. The number of halogens is 1. The van der Waals surface area contributed by atoms with E-state index in [1.54, 1.807) is 23.3 Å². The van der Waals surface area contributed by atoms with Crippen molar-refractivity contribution in [1.29, 1.82) is 0 Å². The quantitative estimate of drug-likeness (QED) is 0.688. The van der Waals surface area contributed by atoms with Gasteiger partial charge in [0.05, 0.1) is 0 Å². The molecular formula is C8H10ClNOS. The first-order chi connectivity index (χ1) is 5.74. The Kier molecular flexibility index (Phi) is 3.56. The van der Waals surface area contributed by atoms with E-state index in [0.717, 1.165) is 5.56 Å². The topological polar surface area (TPSA) is 20.3 Å². The van der Waals surface area contributed by atoms with E-state index in [2.05, 4.69) is 0 Å². The summed E-state index contributed by atoms with van der Waals surface area (Å²) in [6, 6.07) is 2.00. The van der Waals surface area contributed by atoms with Gasteiger partial charge in [-0.05, 0) is 22.4 Å². The highest BCUT2D eigenvalue weighted by atomic mass is 35.5. The van der Waals surface area contributed by atoms with Gasteiger partial charge in [-0.25, -0.2) is 0 Å². The van der Waals surface area contributed by atoms with Crippen molar-refractivity contribution in [3.8, 4) is 0 Å². The van der Waals surface area contributed by atoms with Crippen LogP contribution in [0.15, 0.2) is 16.8 Å². The van der Waals surface area contributed by atoms with Gasteiger partial charge in [0.15, 0.2) is 0 Å².